The topological polar surface area (TPSA) is 73.0 Å². The highest BCUT2D eigenvalue weighted by Crippen LogP contribution is 2.30. The maximum Gasteiger partial charge on any atom is 0.333 e. The molecule has 6 heteroatoms. The number of aryl methyl sites for hydroxylation is 2. The van der Waals surface area contributed by atoms with Gasteiger partial charge in [-0.05, 0) is 32.1 Å². The minimum absolute atomic E-state index is 0.131. The van der Waals surface area contributed by atoms with Gasteiger partial charge in [-0.2, -0.15) is 5.10 Å². The third kappa shape index (κ3) is 3.05. The highest BCUT2D eigenvalue weighted by molar-refractivity contribution is 5.59. The van der Waals surface area contributed by atoms with Crippen LogP contribution in [0.2, 0.25) is 0 Å². The summed E-state index contributed by atoms with van der Waals surface area (Å²) < 4.78 is 1.74. The van der Waals surface area contributed by atoms with Crippen LogP contribution in [0.1, 0.15) is 44.7 Å². The van der Waals surface area contributed by atoms with Crippen molar-refractivity contribution in [1.82, 2.24) is 9.78 Å². The lowest BCUT2D eigenvalue weighted by Crippen LogP contribution is -2.15. The Balaban J connectivity index is 2.16. The van der Waals surface area contributed by atoms with E-state index in [0.29, 0.717) is 24.0 Å². The first kappa shape index (κ1) is 13.8. The van der Waals surface area contributed by atoms with Gasteiger partial charge in [-0.25, -0.2) is 4.68 Å². The van der Waals surface area contributed by atoms with Gasteiger partial charge in [0.1, 0.15) is 5.69 Å². The molecule has 1 fully saturated rings. The molecule has 2 rings (SSSR count). The molecule has 6 nitrogen and oxygen atoms in total. The normalized spacial score (nSPS) is 15.9. The lowest BCUT2D eigenvalue weighted by Gasteiger charge is -2.12. The Hall–Kier alpha value is -1.59. The number of nitrogens with one attached hydrogen (secondary N) is 1. The molecule has 1 aromatic rings. The maximum atomic E-state index is 11.2. The Kier molecular flexibility index (Phi) is 4.39. The fraction of sp³-hybridized carbons (Fsp3) is 0.769. The number of rotatable bonds is 6. The monoisotopic (exact) mass is 266 g/mol. The standard InChI is InChI=1S/C13H22N4O2/c1-3-8-16-13(12(17(18)19)10(2)15-16)14-9-11-6-4-5-7-11/h11,14H,3-9H2,1-2H3. The van der Waals surface area contributed by atoms with Crippen molar-refractivity contribution in [2.75, 3.05) is 11.9 Å². The summed E-state index contributed by atoms with van der Waals surface area (Å²) in [5.74, 6) is 1.22. The Morgan fingerprint density at radius 2 is 2.16 bits per heavy atom. The first-order chi connectivity index (χ1) is 9.13. The summed E-state index contributed by atoms with van der Waals surface area (Å²) in [6.07, 6.45) is 5.92. The fourth-order valence-electron chi connectivity index (χ4n) is 2.79. The molecule has 1 heterocycles. The Labute approximate surface area is 113 Å². The van der Waals surface area contributed by atoms with E-state index in [4.69, 9.17) is 0 Å². The second-order valence-corrected chi connectivity index (χ2v) is 5.29. The first-order valence-electron chi connectivity index (χ1n) is 7.09. The SMILES string of the molecule is CCCn1nc(C)c([N+](=O)[O-])c1NCC1CCCC1. The molecule has 0 atom stereocenters. The predicted octanol–water partition coefficient (Wildman–Crippen LogP) is 3.11. The average Bonchev–Trinajstić information content (AvgIpc) is 2.95. The molecule has 0 spiro atoms. The van der Waals surface area contributed by atoms with Crippen molar-refractivity contribution in [2.45, 2.75) is 52.5 Å². The van der Waals surface area contributed by atoms with Gasteiger partial charge in [-0.15, -0.1) is 0 Å². The third-order valence-corrected chi connectivity index (χ3v) is 3.75. The second-order valence-electron chi connectivity index (χ2n) is 5.29. The zero-order valence-electron chi connectivity index (χ0n) is 11.7. The summed E-state index contributed by atoms with van der Waals surface area (Å²) in [6.45, 7) is 5.27. The van der Waals surface area contributed by atoms with Crippen LogP contribution in [0, 0.1) is 23.0 Å². The molecular weight excluding hydrogens is 244 g/mol. The maximum absolute atomic E-state index is 11.2. The van der Waals surface area contributed by atoms with Gasteiger partial charge in [0.05, 0.1) is 4.92 Å². The van der Waals surface area contributed by atoms with Crippen molar-refractivity contribution >= 4 is 11.5 Å². The molecule has 0 unspecified atom stereocenters. The molecule has 106 valence electrons. The molecular formula is C13H22N4O2. The van der Waals surface area contributed by atoms with E-state index in [-0.39, 0.29) is 10.6 Å². The van der Waals surface area contributed by atoms with Gasteiger partial charge in [0.2, 0.25) is 5.82 Å². The summed E-state index contributed by atoms with van der Waals surface area (Å²) in [7, 11) is 0. The third-order valence-electron chi connectivity index (χ3n) is 3.75. The molecule has 1 aliphatic carbocycles. The number of anilines is 1. The largest absolute Gasteiger partial charge is 0.364 e. The molecule has 0 saturated heterocycles. The predicted molar refractivity (Wildman–Crippen MR) is 74.4 cm³/mol. The van der Waals surface area contributed by atoms with Gasteiger partial charge in [-0.3, -0.25) is 10.1 Å². The molecule has 1 aliphatic rings. The molecule has 1 aromatic heterocycles. The van der Waals surface area contributed by atoms with Gasteiger partial charge >= 0.3 is 5.69 Å². The Morgan fingerprint density at radius 3 is 2.74 bits per heavy atom. The zero-order chi connectivity index (χ0) is 13.8. The van der Waals surface area contributed by atoms with E-state index in [1.54, 1.807) is 11.6 Å². The highest BCUT2D eigenvalue weighted by Gasteiger charge is 2.26. The highest BCUT2D eigenvalue weighted by atomic mass is 16.6. The van der Waals surface area contributed by atoms with E-state index in [9.17, 15) is 10.1 Å². The number of hydrogen-bond donors (Lipinski definition) is 1. The van der Waals surface area contributed by atoms with Crippen LogP contribution in [0.25, 0.3) is 0 Å². The van der Waals surface area contributed by atoms with Crippen LogP contribution in [-0.4, -0.2) is 21.2 Å². The van der Waals surface area contributed by atoms with Crippen LogP contribution in [0.3, 0.4) is 0 Å². The molecule has 1 saturated carbocycles. The van der Waals surface area contributed by atoms with Gasteiger partial charge in [0.25, 0.3) is 0 Å². The average molecular weight is 266 g/mol. The van der Waals surface area contributed by atoms with Crippen LogP contribution in [-0.2, 0) is 6.54 Å². The van der Waals surface area contributed by atoms with Crippen LogP contribution in [0.15, 0.2) is 0 Å². The number of aromatic nitrogens is 2. The van der Waals surface area contributed by atoms with E-state index in [1.807, 2.05) is 6.92 Å². The smallest absolute Gasteiger partial charge is 0.333 e. The van der Waals surface area contributed by atoms with E-state index in [1.165, 1.54) is 25.7 Å². The lowest BCUT2D eigenvalue weighted by atomic mass is 10.1. The van der Waals surface area contributed by atoms with Crippen molar-refractivity contribution in [3.8, 4) is 0 Å². The summed E-state index contributed by atoms with van der Waals surface area (Å²) >= 11 is 0. The quantitative estimate of drug-likeness (QED) is 0.634. The number of hydrogen-bond acceptors (Lipinski definition) is 4. The zero-order valence-corrected chi connectivity index (χ0v) is 11.7. The lowest BCUT2D eigenvalue weighted by molar-refractivity contribution is -0.384. The molecule has 0 radical (unpaired) electrons. The molecule has 0 amide bonds. The fourth-order valence-corrected chi connectivity index (χ4v) is 2.79. The van der Waals surface area contributed by atoms with Crippen molar-refractivity contribution in [3.63, 3.8) is 0 Å². The minimum atomic E-state index is -0.328. The Bertz CT molecular complexity index is 450. The summed E-state index contributed by atoms with van der Waals surface area (Å²) in [6, 6.07) is 0. The summed E-state index contributed by atoms with van der Waals surface area (Å²) in [5, 5.41) is 18.7. The second kappa shape index (κ2) is 6.04. The van der Waals surface area contributed by atoms with E-state index in [0.717, 1.165) is 13.0 Å². The summed E-state index contributed by atoms with van der Waals surface area (Å²) in [5.41, 5.74) is 0.624. The van der Waals surface area contributed by atoms with Crippen molar-refractivity contribution < 1.29 is 4.92 Å². The van der Waals surface area contributed by atoms with Gasteiger partial charge in [0.15, 0.2) is 0 Å². The van der Waals surface area contributed by atoms with Crippen molar-refractivity contribution in [2.24, 2.45) is 5.92 Å². The summed E-state index contributed by atoms with van der Waals surface area (Å²) in [4.78, 5) is 10.8. The molecule has 1 N–H and O–H groups in total. The first-order valence-corrected chi connectivity index (χ1v) is 7.09. The number of nitrogens with zero attached hydrogens (tertiary/aromatic N) is 3. The van der Waals surface area contributed by atoms with Gasteiger partial charge in [-0.1, -0.05) is 19.8 Å². The van der Waals surface area contributed by atoms with Crippen molar-refractivity contribution in [3.05, 3.63) is 15.8 Å². The van der Waals surface area contributed by atoms with Crippen molar-refractivity contribution in [1.29, 1.82) is 0 Å². The van der Waals surface area contributed by atoms with E-state index >= 15 is 0 Å². The van der Waals surface area contributed by atoms with Gasteiger partial charge in [0, 0.05) is 13.1 Å². The number of nitro groups is 1. The molecule has 0 aromatic carbocycles. The van der Waals surface area contributed by atoms with Crippen LogP contribution in [0.4, 0.5) is 11.5 Å². The van der Waals surface area contributed by atoms with Crippen LogP contribution >= 0.6 is 0 Å². The van der Waals surface area contributed by atoms with E-state index < -0.39 is 0 Å². The molecule has 19 heavy (non-hydrogen) atoms. The molecule has 0 aliphatic heterocycles. The Morgan fingerprint density at radius 1 is 1.47 bits per heavy atom. The van der Waals surface area contributed by atoms with Crippen LogP contribution < -0.4 is 5.32 Å². The van der Waals surface area contributed by atoms with Crippen LogP contribution in [0.5, 0.6) is 0 Å². The van der Waals surface area contributed by atoms with E-state index in [2.05, 4.69) is 10.4 Å². The van der Waals surface area contributed by atoms with Gasteiger partial charge < -0.3 is 5.32 Å². The molecule has 0 bridgehead atoms. The minimum Gasteiger partial charge on any atom is -0.364 e.